The van der Waals surface area contributed by atoms with Gasteiger partial charge in [-0.05, 0) is 68.3 Å². The molecule has 1 amide bonds. The Hall–Kier alpha value is -3.61. The second-order valence-electron chi connectivity index (χ2n) is 7.60. The van der Waals surface area contributed by atoms with Crippen LogP contribution in [0.1, 0.15) is 54.2 Å². The van der Waals surface area contributed by atoms with Crippen molar-refractivity contribution in [3.8, 4) is 11.5 Å². The van der Waals surface area contributed by atoms with Crippen LogP contribution < -0.4 is 14.8 Å². The molecule has 0 radical (unpaired) electrons. The van der Waals surface area contributed by atoms with Gasteiger partial charge in [0, 0.05) is 29.9 Å². The van der Waals surface area contributed by atoms with E-state index in [1.165, 1.54) is 6.92 Å². The Morgan fingerprint density at radius 3 is 2.59 bits per heavy atom. The largest absolute Gasteiger partial charge is 0.496 e. The monoisotopic (exact) mass is 435 g/mol. The van der Waals surface area contributed by atoms with Gasteiger partial charge in [-0.25, -0.2) is 0 Å². The van der Waals surface area contributed by atoms with Gasteiger partial charge in [-0.3, -0.25) is 14.3 Å². The summed E-state index contributed by atoms with van der Waals surface area (Å²) in [5, 5.41) is 7.29. The van der Waals surface area contributed by atoms with Gasteiger partial charge in [-0.2, -0.15) is 5.10 Å². The molecule has 32 heavy (non-hydrogen) atoms. The first kappa shape index (κ1) is 23.1. The Kier molecular flexibility index (Phi) is 8.02. The predicted octanol–water partition coefficient (Wildman–Crippen LogP) is 4.18. The summed E-state index contributed by atoms with van der Waals surface area (Å²) >= 11 is 0. The lowest BCUT2D eigenvalue weighted by molar-refractivity contribution is -0.121. The number of carbonyl (C=O) groups is 2. The molecule has 0 aliphatic heterocycles. The summed E-state index contributed by atoms with van der Waals surface area (Å²) in [5.41, 5.74) is 2.65. The smallest absolute Gasteiger partial charge is 0.220 e. The van der Waals surface area contributed by atoms with Crippen LogP contribution >= 0.6 is 0 Å². The van der Waals surface area contributed by atoms with E-state index in [1.807, 2.05) is 42.1 Å². The standard InChI is InChI=1S/C25H29N3O4/c1-18(21-9-12-24(31-3)22(16-21)17-28-14-5-13-26-28)27-25(30)6-4-15-32-23-10-7-20(8-11-23)19(2)29/h5,7-14,16,18H,4,6,15,17H2,1-3H3,(H,27,30)/t18-/m1/s1. The van der Waals surface area contributed by atoms with E-state index in [1.54, 1.807) is 37.6 Å². The minimum absolute atomic E-state index is 0.0210. The first-order valence-electron chi connectivity index (χ1n) is 10.6. The summed E-state index contributed by atoms with van der Waals surface area (Å²) in [6, 6.07) is 14.7. The van der Waals surface area contributed by atoms with Gasteiger partial charge in [0.2, 0.25) is 5.91 Å². The van der Waals surface area contributed by atoms with Crippen LogP contribution in [0.4, 0.5) is 0 Å². The molecule has 3 rings (SSSR count). The number of ketones is 1. The molecule has 168 valence electrons. The molecule has 0 unspecified atom stereocenters. The highest BCUT2D eigenvalue weighted by atomic mass is 16.5. The predicted molar refractivity (Wildman–Crippen MR) is 122 cm³/mol. The summed E-state index contributed by atoms with van der Waals surface area (Å²) in [6.45, 7) is 4.51. The normalized spacial score (nSPS) is 11.6. The highest BCUT2D eigenvalue weighted by Crippen LogP contribution is 2.24. The number of ether oxygens (including phenoxy) is 2. The van der Waals surface area contributed by atoms with Crippen LogP contribution in [-0.2, 0) is 11.3 Å². The van der Waals surface area contributed by atoms with Gasteiger partial charge in [0.15, 0.2) is 5.78 Å². The molecular weight excluding hydrogens is 406 g/mol. The first-order valence-corrected chi connectivity index (χ1v) is 10.6. The van der Waals surface area contributed by atoms with Crippen LogP contribution in [0.5, 0.6) is 11.5 Å². The zero-order valence-electron chi connectivity index (χ0n) is 18.7. The number of rotatable bonds is 11. The minimum atomic E-state index is -0.134. The number of carbonyl (C=O) groups excluding carboxylic acids is 2. The molecule has 1 aromatic heterocycles. The van der Waals surface area contributed by atoms with E-state index in [0.717, 1.165) is 16.9 Å². The summed E-state index contributed by atoms with van der Waals surface area (Å²) in [5.74, 6) is 1.47. The molecule has 1 atom stereocenters. The van der Waals surface area contributed by atoms with Crippen molar-refractivity contribution in [1.82, 2.24) is 15.1 Å². The van der Waals surface area contributed by atoms with Crippen molar-refractivity contribution >= 4 is 11.7 Å². The third-order valence-electron chi connectivity index (χ3n) is 5.15. The molecule has 0 saturated heterocycles. The Morgan fingerprint density at radius 1 is 1.16 bits per heavy atom. The maximum Gasteiger partial charge on any atom is 0.220 e. The lowest BCUT2D eigenvalue weighted by Crippen LogP contribution is -2.26. The number of methoxy groups -OCH3 is 1. The van der Waals surface area contributed by atoms with E-state index in [-0.39, 0.29) is 17.7 Å². The zero-order chi connectivity index (χ0) is 22.9. The van der Waals surface area contributed by atoms with Crippen molar-refractivity contribution in [3.05, 3.63) is 77.6 Å². The number of aromatic nitrogens is 2. The molecule has 7 nitrogen and oxygen atoms in total. The maximum absolute atomic E-state index is 12.4. The van der Waals surface area contributed by atoms with Gasteiger partial charge >= 0.3 is 0 Å². The fraction of sp³-hybridized carbons (Fsp3) is 0.320. The molecule has 0 aliphatic carbocycles. The molecule has 0 spiro atoms. The van der Waals surface area contributed by atoms with Crippen molar-refractivity contribution in [1.29, 1.82) is 0 Å². The maximum atomic E-state index is 12.4. The Bertz CT molecular complexity index is 1030. The van der Waals surface area contributed by atoms with E-state index in [0.29, 0.717) is 37.3 Å². The minimum Gasteiger partial charge on any atom is -0.496 e. The van der Waals surface area contributed by atoms with E-state index in [9.17, 15) is 9.59 Å². The van der Waals surface area contributed by atoms with E-state index in [4.69, 9.17) is 9.47 Å². The topological polar surface area (TPSA) is 82.5 Å². The van der Waals surface area contributed by atoms with Gasteiger partial charge in [-0.1, -0.05) is 6.07 Å². The Morgan fingerprint density at radius 2 is 1.94 bits per heavy atom. The van der Waals surface area contributed by atoms with Crippen molar-refractivity contribution in [2.45, 2.75) is 39.3 Å². The zero-order valence-corrected chi connectivity index (χ0v) is 18.7. The average molecular weight is 436 g/mol. The van der Waals surface area contributed by atoms with Gasteiger partial charge in [0.1, 0.15) is 11.5 Å². The van der Waals surface area contributed by atoms with E-state index in [2.05, 4.69) is 10.4 Å². The molecule has 0 saturated carbocycles. The van der Waals surface area contributed by atoms with Crippen LogP contribution in [0, 0.1) is 0 Å². The van der Waals surface area contributed by atoms with Crippen molar-refractivity contribution < 1.29 is 19.1 Å². The van der Waals surface area contributed by atoms with Crippen molar-refractivity contribution in [2.24, 2.45) is 0 Å². The second-order valence-corrected chi connectivity index (χ2v) is 7.60. The summed E-state index contributed by atoms with van der Waals surface area (Å²) in [4.78, 5) is 23.7. The molecule has 0 aliphatic rings. The molecule has 1 heterocycles. The highest BCUT2D eigenvalue weighted by Gasteiger charge is 2.13. The summed E-state index contributed by atoms with van der Waals surface area (Å²) in [7, 11) is 1.65. The number of amides is 1. The van der Waals surface area contributed by atoms with Crippen LogP contribution in [0.15, 0.2) is 60.9 Å². The third kappa shape index (κ3) is 6.44. The summed E-state index contributed by atoms with van der Waals surface area (Å²) < 4.78 is 13.0. The third-order valence-corrected chi connectivity index (χ3v) is 5.15. The fourth-order valence-corrected chi connectivity index (χ4v) is 3.37. The number of nitrogens with one attached hydrogen (secondary N) is 1. The Labute approximate surface area is 188 Å². The van der Waals surface area contributed by atoms with Crippen LogP contribution in [0.2, 0.25) is 0 Å². The van der Waals surface area contributed by atoms with Crippen LogP contribution in [0.3, 0.4) is 0 Å². The SMILES string of the molecule is COc1ccc([C@@H](C)NC(=O)CCCOc2ccc(C(C)=O)cc2)cc1Cn1cccn1. The second kappa shape index (κ2) is 11.1. The molecule has 1 N–H and O–H groups in total. The van der Waals surface area contributed by atoms with Crippen LogP contribution in [-0.4, -0.2) is 35.2 Å². The van der Waals surface area contributed by atoms with Gasteiger partial charge in [-0.15, -0.1) is 0 Å². The van der Waals surface area contributed by atoms with E-state index < -0.39 is 0 Å². The number of hydrogen-bond acceptors (Lipinski definition) is 5. The number of Topliss-reactive ketones (excluding diaryl/α,β-unsaturated/α-hetero) is 1. The summed E-state index contributed by atoms with van der Waals surface area (Å²) in [6.07, 6.45) is 4.60. The molecule has 2 aromatic carbocycles. The number of benzene rings is 2. The highest BCUT2D eigenvalue weighted by molar-refractivity contribution is 5.94. The molecule has 0 bridgehead atoms. The molecule has 7 heteroatoms. The first-order chi connectivity index (χ1) is 15.5. The fourth-order valence-electron chi connectivity index (χ4n) is 3.37. The Balaban J connectivity index is 1.48. The van der Waals surface area contributed by atoms with Crippen LogP contribution in [0.25, 0.3) is 0 Å². The quantitative estimate of drug-likeness (QED) is 0.361. The molecular formula is C25H29N3O4. The van der Waals surface area contributed by atoms with Crippen molar-refractivity contribution in [3.63, 3.8) is 0 Å². The lowest BCUT2D eigenvalue weighted by Gasteiger charge is -2.17. The van der Waals surface area contributed by atoms with E-state index >= 15 is 0 Å². The van der Waals surface area contributed by atoms with Crippen molar-refractivity contribution in [2.75, 3.05) is 13.7 Å². The van der Waals surface area contributed by atoms with Gasteiger partial charge < -0.3 is 14.8 Å². The van der Waals surface area contributed by atoms with Gasteiger partial charge in [0.25, 0.3) is 0 Å². The average Bonchev–Trinajstić information content (AvgIpc) is 3.30. The number of hydrogen-bond donors (Lipinski definition) is 1. The molecule has 3 aromatic rings. The number of nitrogens with zero attached hydrogens (tertiary/aromatic N) is 2. The molecule has 0 fully saturated rings. The van der Waals surface area contributed by atoms with Gasteiger partial charge in [0.05, 0.1) is 26.3 Å². The lowest BCUT2D eigenvalue weighted by atomic mass is 10.0.